The molecule has 1 aromatic rings. The molecule has 0 amide bonds. The van der Waals surface area contributed by atoms with Crippen molar-refractivity contribution in [2.45, 2.75) is 57.0 Å². The van der Waals surface area contributed by atoms with E-state index in [0.717, 1.165) is 12.8 Å². The Morgan fingerprint density at radius 1 is 1.48 bits per heavy atom. The lowest BCUT2D eigenvalue weighted by Gasteiger charge is -2.16. The average molecular weight is 314 g/mol. The molecule has 0 bridgehead atoms. The molecule has 0 spiro atoms. The van der Waals surface area contributed by atoms with Gasteiger partial charge in [0, 0.05) is 18.8 Å². The van der Waals surface area contributed by atoms with Crippen molar-refractivity contribution in [2.24, 2.45) is 5.92 Å². The second-order valence-electron chi connectivity index (χ2n) is 5.56. The van der Waals surface area contributed by atoms with Crippen LogP contribution in [0.25, 0.3) is 0 Å². The first-order valence-corrected chi connectivity index (χ1v) is 8.81. The van der Waals surface area contributed by atoms with Crippen LogP contribution in [0, 0.1) is 5.92 Å². The zero-order chi connectivity index (χ0) is 15.6. The van der Waals surface area contributed by atoms with E-state index in [9.17, 15) is 13.2 Å². The van der Waals surface area contributed by atoms with Crippen LogP contribution < -0.4 is 4.72 Å². The minimum absolute atomic E-state index is 0.00637. The maximum absolute atomic E-state index is 12.4. The van der Waals surface area contributed by atoms with E-state index < -0.39 is 16.0 Å². The number of rotatable bonds is 8. The summed E-state index contributed by atoms with van der Waals surface area (Å²) in [5.41, 5.74) is -0.00637. The molecule has 1 aliphatic rings. The van der Waals surface area contributed by atoms with Gasteiger partial charge < -0.3 is 9.67 Å². The molecule has 2 N–H and O–H groups in total. The van der Waals surface area contributed by atoms with Crippen LogP contribution in [0.4, 0.5) is 0 Å². The average Bonchev–Trinajstić information content (AvgIpc) is 3.11. The summed E-state index contributed by atoms with van der Waals surface area (Å²) in [6.45, 7) is 4.14. The molecule has 1 heterocycles. The molecule has 1 fully saturated rings. The molecule has 2 rings (SSSR count). The van der Waals surface area contributed by atoms with Gasteiger partial charge in [0.2, 0.25) is 10.0 Å². The van der Waals surface area contributed by atoms with E-state index in [-0.39, 0.29) is 16.6 Å². The first kappa shape index (κ1) is 16.0. The molecule has 0 saturated heterocycles. The quantitative estimate of drug-likeness (QED) is 0.769. The maximum atomic E-state index is 12.4. The number of hydrogen-bond donors (Lipinski definition) is 2. The van der Waals surface area contributed by atoms with Crippen LogP contribution in [-0.4, -0.2) is 30.1 Å². The van der Waals surface area contributed by atoms with Gasteiger partial charge in [-0.2, -0.15) is 0 Å². The molecule has 1 aliphatic carbocycles. The summed E-state index contributed by atoms with van der Waals surface area (Å²) < 4.78 is 28.9. The van der Waals surface area contributed by atoms with Crippen LogP contribution >= 0.6 is 0 Å². The first-order valence-electron chi connectivity index (χ1n) is 7.33. The highest BCUT2D eigenvalue weighted by molar-refractivity contribution is 7.89. The first-order chi connectivity index (χ1) is 9.87. The molecular weight excluding hydrogens is 292 g/mol. The summed E-state index contributed by atoms with van der Waals surface area (Å²) in [6, 6.07) is 1.14. The van der Waals surface area contributed by atoms with Gasteiger partial charge in [0.25, 0.3) is 0 Å². The van der Waals surface area contributed by atoms with Crippen molar-refractivity contribution < 1.29 is 18.3 Å². The van der Waals surface area contributed by atoms with Crippen molar-refractivity contribution in [1.29, 1.82) is 0 Å². The number of aromatic nitrogens is 1. The third-order valence-electron chi connectivity index (χ3n) is 3.87. The van der Waals surface area contributed by atoms with Crippen LogP contribution in [0.5, 0.6) is 0 Å². The highest BCUT2D eigenvalue weighted by Gasteiger charge is 2.28. The van der Waals surface area contributed by atoms with E-state index in [0.29, 0.717) is 12.5 Å². The second-order valence-corrected chi connectivity index (χ2v) is 7.27. The van der Waals surface area contributed by atoms with E-state index in [4.69, 9.17) is 5.11 Å². The van der Waals surface area contributed by atoms with Gasteiger partial charge in [-0.1, -0.05) is 19.8 Å². The van der Waals surface area contributed by atoms with Gasteiger partial charge in [0.15, 0.2) is 0 Å². The second kappa shape index (κ2) is 6.19. The molecule has 7 heteroatoms. The minimum atomic E-state index is -3.67. The fourth-order valence-electron chi connectivity index (χ4n) is 2.41. The molecular formula is C14H22N2O4S. The van der Waals surface area contributed by atoms with Gasteiger partial charge in [0.05, 0.1) is 0 Å². The molecule has 0 radical (unpaired) electrons. The molecule has 0 aromatic carbocycles. The van der Waals surface area contributed by atoms with Crippen LogP contribution in [-0.2, 0) is 16.6 Å². The van der Waals surface area contributed by atoms with Gasteiger partial charge in [-0.05, 0) is 31.7 Å². The zero-order valence-corrected chi connectivity index (χ0v) is 13.2. The van der Waals surface area contributed by atoms with Crippen molar-refractivity contribution in [3.05, 3.63) is 18.0 Å². The standard InChI is InChI=1S/C14H22N2O4S/c1-3-11(7-10-5-6-10)15-21(19,20)12-8-13(14(17)18)16(4-2)9-12/h8-11,15H,3-7H2,1-2H3,(H,17,18). The zero-order valence-electron chi connectivity index (χ0n) is 12.4. The lowest BCUT2D eigenvalue weighted by molar-refractivity contribution is 0.0685. The summed E-state index contributed by atoms with van der Waals surface area (Å²) in [7, 11) is -3.67. The molecule has 1 unspecified atom stereocenters. The molecule has 1 aromatic heterocycles. The molecule has 0 aliphatic heterocycles. The van der Waals surface area contributed by atoms with Crippen molar-refractivity contribution in [2.75, 3.05) is 0 Å². The number of carboxylic acids is 1. The van der Waals surface area contributed by atoms with Gasteiger partial charge in [-0.3, -0.25) is 0 Å². The lowest BCUT2D eigenvalue weighted by atomic mass is 10.1. The molecule has 1 atom stereocenters. The summed E-state index contributed by atoms with van der Waals surface area (Å²) in [4.78, 5) is 11.1. The van der Waals surface area contributed by atoms with Gasteiger partial charge >= 0.3 is 5.97 Å². The Hall–Kier alpha value is -1.34. The van der Waals surface area contributed by atoms with Crippen LogP contribution in [0.15, 0.2) is 17.2 Å². The molecule has 21 heavy (non-hydrogen) atoms. The summed E-state index contributed by atoms with van der Waals surface area (Å²) in [6.07, 6.45) is 5.32. The van der Waals surface area contributed by atoms with Crippen molar-refractivity contribution in [1.82, 2.24) is 9.29 Å². The summed E-state index contributed by atoms with van der Waals surface area (Å²) >= 11 is 0. The van der Waals surface area contributed by atoms with Crippen molar-refractivity contribution >= 4 is 16.0 Å². The van der Waals surface area contributed by atoms with E-state index in [2.05, 4.69) is 4.72 Å². The van der Waals surface area contributed by atoms with E-state index in [1.165, 1.54) is 29.7 Å². The minimum Gasteiger partial charge on any atom is -0.477 e. The predicted molar refractivity (Wildman–Crippen MR) is 78.8 cm³/mol. The van der Waals surface area contributed by atoms with E-state index in [1.54, 1.807) is 6.92 Å². The van der Waals surface area contributed by atoms with Crippen molar-refractivity contribution in [3.63, 3.8) is 0 Å². The Morgan fingerprint density at radius 2 is 2.14 bits per heavy atom. The number of sulfonamides is 1. The molecule has 6 nitrogen and oxygen atoms in total. The Morgan fingerprint density at radius 3 is 2.57 bits per heavy atom. The topological polar surface area (TPSA) is 88.4 Å². The highest BCUT2D eigenvalue weighted by atomic mass is 32.2. The Kier molecular flexibility index (Phi) is 4.73. The van der Waals surface area contributed by atoms with Crippen LogP contribution in [0.1, 0.15) is 50.0 Å². The smallest absolute Gasteiger partial charge is 0.352 e. The van der Waals surface area contributed by atoms with Gasteiger partial charge in [-0.25, -0.2) is 17.9 Å². The van der Waals surface area contributed by atoms with Crippen LogP contribution in [0.2, 0.25) is 0 Å². The fraction of sp³-hybridized carbons (Fsp3) is 0.643. The van der Waals surface area contributed by atoms with E-state index in [1.807, 2.05) is 6.92 Å². The Bertz CT molecular complexity index is 617. The normalized spacial score (nSPS) is 16.9. The van der Waals surface area contributed by atoms with Gasteiger partial charge in [0.1, 0.15) is 10.6 Å². The number of hydrogen-bond acceptors (Lipinski definition) is 3. The Labute approximate surface area is 125 Å². The van der Waals surface area contributed by atoms with Crippen molar-refractivity contribution in [3.8, 4) is 0 Å². The van der Waals surface area contributed by atoms with E-state index >= 15 is 0 Å². The van der Waals surface area contributed by atoms with Gasteiger partial charge in [-0.15, -0.1) is 0 Å². The van der Waals surface area contributed by atoms with Crippen LogP contribution in [0.3, 0.4) is 0 Å². The number of aryl methyl sites for hydroxylation is 1. The summed E-state index contributed by atoms with van der Waals surface area (Å²) in [5, 5.41) is 9.10. The highest BCUT2D eigenvalue weighted by Crippen LogP contribution is 2.34. The molecule has 118 valence electrons. The monoisotopic (exact) mass is 314 g/mol. The number of nitrogens with one attached hydrogen (secondary N) is 1. The fourth-order valence-corrected chi connectivity index (χ4v) is 3.78. The number of carbonyl (C=O) groups is 1. The largest absolute Gasteiger partial charge is 0.477 e. The maximum Gasteiger partial charge on any atom is 0.352 e. The number of nitrogens with zero attached hydrogens (tertiary/aromatic N) is 1. The number of carboxylic acid groups (broad SMARTS) is 1. The Balaban J connectivity index is 2.19. The summed E-state index contributed by atoms with van der Waals surface area (Å²) in [5.74, 6) is -0.490. The lowest BCUT2D eigenvalue weighted by Crippen LogP contribution is -2.34. The predicted octanol–water partition coefficient (Wildman–Crippen LogP) is 2.06. The molecule has 1 saturated carbocycles. The third-order valence-corrected chi connectivity index (χ3v) is 5.36. The third kappa shape index (κ3) is 3.85. The number of aromatic carboxylic acids is 1. The SMILES string of the molecule is CCC(CC1CC1)NS(=O)(=O)c1cc(C(=O)O)n(CC)c1.